The van der Waals surface area contributed by atoms with Crippen LogP contribution in [0.25, 0.3) is 0 Å². The molecule has 5 atom stereocenters. The second kappa shape index (κ2) is 8.02. The summed E-state index contributed by atoms with van der Waals surface area (Å²) in [6, 6.07) is 13.1. The number of thiazole rings is 1. The fraction of sp³-hybridized carbons (Fsp3) is 0.400. The zero-order valence-electron chi connectivity index (χ0n) is 18.2. The van der Waals surface area contributed by atoms with E-state index in [-0.39, 0.29) is 21.4 Å². The van der Waals surface area contributed by atoms with Gasteiger partial charge in [-0.15, -0.1) is 11.8 Å². The zero-order valence-corrected chi connectivity index (χ0v) is 19.8. The van der Waals surface area contributed by atoms with Crippen molar-refractivity contribution in [2.75, 3.05) is 0 Å². The van der Waals surface area contributed by atoms with Crippen molar-refractivity contribution in [3.05, 3.63) is 83.8 Å². The molecule has 8 heteroatoms. The maximum Gasteiger partial charge on any atom is 0.305 e. The number of aryl methyl sites for hydroxylation is 1. The van der Waals surface area contributed by atoms with Gasteiger partial charge < -0.3 is 9.72 Å². The largest absolute Gasteiger partial charge is 0.489 e. The van der Waals surface area contributed by atoms with Gasteiger partial charge in [0.1, 0.15) is 12.4 Å². The average Bonchev–Trinajstić information content (AvgIpc) is 3.51. The molecule has 0 spiro atoms. The highest BCUT2D eigenvalue weighted by Gasteiger charge is 2.55. The number of ether oxygens (including phenoxy) is 1. The first kappa shape index (κ1) is 21.0. The van der Waals surface area contributed by atoms with Gasteiger partial charge >= 0.3 is 4.87 Å². The lowest BCUT2D eigenvalue weighted by molar-refractivity contribution is -0.385. The number of benzene rings is 2. The first-order valence-electron chi connectivity index (χ1n) is 11.3. The van der Waals surface area contributed by atoms with Gasteiger partial charge in [-0.2, -0.15) is 0 Å². The molecule has 3 aliphatic rings. The molecule has 1 aliphatic heterocycles. The lowest BCUT2D eigenvalue weighted by atomic mass is 9.74. The molecule has 0 radical (unpaired) electrons. The molecule has 2 bridgehead atoms. The molecular weight excluding hydrogens is 456 g/mol. The topological polar surface area (TPSA) is 85.2 Å². The highest BCUT2D eigenvalue weighted by Crippen LogP contribution is 2.64. The number of nitro benzene ring substituents is 1. The van der Waals surface area contributed by atoms with Crippen LogP contribution in [0.2, 0.25) is 0 Å². The SMILES string of the molecule is Cc1ccc(COc2ccc([N+](=O)[O-])cc2[C@H]2c3sc(=O)[nH]c3S[C@@H]3[C@@H]4CC[C@@H](C4)[C@H]23)cc1. The predicted molar refractivity (Wildman–Crippen MR) is 129 cm³/mol. The monoisotopic (exact) mass is 480 g/mol. The molecule has 2 aromatic carbocycles. The van der Waals surface area contributed by atoms with E-state index in [9.17, 15) is 14.9 Å². The molecule has 0 amide bonds. The number of H-pyrrole nitrogens is 1. The van der Waals surface area contributed by atoms with Crippen molar-refractivity contribution in [1.82, 2.24) is 4.98 Å². The standard InChI is InChI=1S/C25H24N2O4S2/c1-13-2-4-14(5-3-13)12-31-19-9-8-17(27(29)30)11-18(19)21-20-15-6-7-16(10-15)22(20)32-24-23(21)33-25(28)26-24/h2-5,8-9,11,15-16,20-22H,6-7,10,12H2,1H3,(H,26,28)/t15-,16+,20+,21+,22+/m0/s1. The van der Waals surface area contributed by atoms with Crippen LogP contribution in [-0.2, 0) is 6.61 Å². The van der Waals surface area contributed by atoms with Gasteiger partial charge in [0.15, 0.2) is 0 Å². The highest BCUT2D eigenvalue weighted by atomic mass is 32.2. The highest BCUT2D eigenvalue weighted by molar-refractivity contribution is 8.00. The van der Waals surface area contributed by atoms with E-state index in [1.807, 2.05) is 30.8 Å². The number of rotatable bonds is 5. The molecule has 3 aromatic rings. The number of thioether (sulfide) groups is 1. The summed E-state index contributed by atoms with van der Waals surface area (Å²) in [6.07, 6.45) is 3.65. The van der Waals surface area contributed by atoms with E-state index < -0.39 is 0 Å². The van der Waals surface area contributed by atoms with Gasteiger partial charge in [-0.1, -0.05) is 41.2 Å². The lowest BCUT2D eigenvalue weighted by Gasteiger charge is -2.40. The molecular formula is C25H24N2O4S2. The van der Waals surface area contributed by atoms with Gasteiger partial charge in [-0.25, -0.2) is 0 Å². The first-order valence-corrected chi connectivity index (χ1v) is 13.0. The Morgan fingerprint density at radius 1 is 1.15 bits per heavy atom. The molecule has 6 nitrogen and oxygen atoms in total. The third-order valence-corrected chi connectivity index (χ3v) is 10.1. The van der Waals surface area contributed by atoms with E-state index in [0.717, 1.165) is 21.0 Å². The number of fused-ring (bicyclic) bond motifs is 6. The quantitative estimate of drug-likeness (QED) is 0.364. The molecule has 6 rings (SSSR count). The molecule has 33 heavy (non-hydrogen) atoms. The Morgan fingerprint density at radius 3 is 2.73 bits per heavy atom. The molecule has 2 fully saturated rings. The smallest absolute Gasteiger partial charge is 0.305 e. The van der Waals surface area contributed by atoms with E-state index in [1.165, 1.54) is 42.2 Å². The minimum absolute atomic E-state index is 0.0570. The molecule has 1 N–H and O–H groups in total. The Bertz CT molecular complexity index is 1280. The number of aromatic amines is 1. The van der Waals surface area contributed by atoms with Crippen LogP contribution in [0, 0.1) is 34.8 Å². The van der Waals surface area contributed by atoms with Crippen molar-refractivity contribution in [3.8, 4) is 5.75 Å². The van der Waals surface area contributed by atoms with Crippen molar-refractivity contribution >= 4 is 28.8 Å². The number of non-ortho nitro benzene ring substituents is 1. The van der Waals surface area contributed by atoms with Crippen LogP contribution in [0.15, 0.2) is 52.3 Å². The number of hydrogen-bond donors (Lipinski definition) is 1. The summed E-state index contributed by atoms with van der Waals surface area (Å²) >= 11 is 3.07. The molecule has 0 unspecified atom stereocenters. The van der Waals surface area contributed by atoms with Crippen LogP contribution in [0.1, 0.15) is 46.7 Å². The number of nitrogens with one attached hydrogen (secondary N) is 1. The van der Waals surface area contributed by atoms with Crippen LogP contribution < -0.4 is 9.61 Å². The van der Waals surface area contributed by atoms with Gasteiger partial charge in [-0.3, -0.25) is 14.9 Å². The van der Waals surface area contributed by atoms with Crippen molar-refractivity contribution < 1.29 is 9.66 Å². The summed E-state index contributed by atoms with van der Waals surface area (Å²) in [5.74, 6) is 2.23. The third kappa shape index (κ3) is 3.60. The van der Waals surface area contributed by atoms with Gasteiger partial charge in [0, 0.05) is 33.7 Å². The molecule has 2 heterocycles. The molecule has 170 valence electrons. The fourth-order valence-electron chi connectivity index (χ4n) is 6.07. The summed E-state index contributed by atoms with van der Waals surface area (Å²) < 4.78 is 6.29. The van der Waals surface area contributed by atoms with Gasteiger partial charge in [-0.05, 0) is 55.6 Å². The van der Waals surface area contributed by atoms with E-state index in [2.05, 4.69) is 17.1 Å². The van der Waals surface area contributed by atoms with Crippen LogP contribution in [0.4, 0.5) is 5.69 Å². The van der Waals surface area contributed by atoms with Gasteiger partial charge in [0.2, 0.25) is 0 Å². The molecule has 1 aromatic heterocycles. The minimum Gasteiger partial charge on any atom is -0.489 e. The number of nitro groups is 1. The Balaban J connectivity index is 1.44. The van der Waals surface area contributed by atoms with Crippen molar-refractivity contribution in [1.29, 1.82) is 0 Å². The molecule has 0 saturated heterocycles. The Morgan fingerprint density at radius 2 is 1.94 bits per heavy atom. The Kier molecular flexibility index (Phi) is 5.10. The van der Waals surface area contributed by atoms with Crippen molar-refractivity contribution in [3.63, 3.8) is 0 Å². The summed E-state index contributed by atoms with van der Waals surface area (Å²) in [7, 11) is 0. The summed E-state index contributed by atoms with van der Waals surface area (Å²) in [5, 5.41) is 13.1. The number of aromatic nitrogens is 1. The van der Waals surface area contributed by atoms with Crippen LogP contribution >= 0.6 is 23.1 Å². The Labute approximate surface area is 199 Å². The number of hydrogen-bond acceptors (Lipinski definition) is 6. The van der Waals surface area contributed by atoms with E-state index in [4.69, 9.17) is 4.74 Å². The predicted octanol–water partition coefficient (Wildman–Crippen LogP) is 5.88. The van der Waals surface area contributed by atoms with Crippen LogP contribution in [0.5, 0.6) is 5.75 Å². The Hall–Kier alpha value is -2.58. The second-order valence-electron chi connectivity index (χ2n) is 9.43. The van der Waals surface area contributed by atoms with E-state index in [0.29, 0.717) is 35.4 Å². The minimum atomic E-state index is -0.344. The second-order valence-corrected chi connectivity index (χ2v) is 11.6. The van der Waals surface area contributed by atoms with Crippen LogP contribution in [-0.4, -0.2) is 15.2 Å². The first-order chi connectivity index (χ1) is 16.0. The normalized spacial score (nSPS) is 27.2. The summed E-state index contributed by atoms with van der Waals surface area (Å²) in [4.78, 5) is 27.7. The van der Waals surface area contributed by atoms with Gasteiger partial charge in [0.25, 0.3) is 5.69 Å². The van der Waals surface area contributed by atoms with Crippen molar-refractivity contribution in [2.45, 2.75) is 49.0 Å². The fourth-order valence-corrected chi connectivity index (χ4v) is 8.95. The van der Waals surface area contributed by atoms with Crippen molar-refractivity contribution in [2.24, 2.45) is 17.8 Å². The maximum atomic E-state index is 12.3. The maximum absolute atomic E-state index is 12.3. The van der Waals surface area contributed by atoms with E-state index >= 15 is 0 Å². The third-order valence-electron chi connectivity index (χ3n) is 7.52. The van der Waals surface area contributed by atoms with E-state index in [1.54, 1.807) is 12.1 Å². The van der Waals surface area contributed by atoms with Gasteiger partial charge in [0.05, 0.1) is 9.95 Å². The van der Waals surface area contributed by atoms with Crippen LogP contribution in [0.3, 0.4) is 0 Å². The zero-order chi connectivity index (χ0) is 22.7. The number of nitrogens with zero attached hydrogens (tertiary/aromatic N) is 1. The lowest BCUT2D eigenvalue weighted by Crippen LogP contribution is -2.33. The summed E-state index contributed by atoms with van der Waals surface area (Å²) in [5.41, 5.74) is 3.14. The average molecular weight is 481 g/mol. The summed E-state index contributed by atoms with van der Waals surface area (Å²) in [6.45, 7) is 2.44. The molecule has 2 aliphatic carbocycles. The molecule has 2 saturated carbocycles.